The quantitative estimate of drug-likeness (QED) is 0.928. The molecule has 1 aromatic rings. The average molecular weight is 294 g/mol. The molecule has 1 N–H and O–H groups in total. The molecule has 0 aliphatic carbocycles. The van der Waals surface area contributed by atoms with Crippen molar-refractivity contribution in [3.63, 3.8) is 0 Å². The maximum Gasteiger partial charge on any atom is 0.224 e. The van der Waals surface area contributed by atoms with Crippen molar-refractivity contribution in [2.45, 2.75) is 38.3 Å². The summed E-state index contributed by atoms with van der Waals surface area (Å²) in [5, 5.41) is 3.36. The molecule has 1 amide bonds. The van der Waals surface area contributed by atoms with Crippen molar-refractivity contribution in [3.8, 4) is 0 Å². The standard InChI is InChI=1S/C15H22N2O2S/c1-11-4-5-14(20-11)13-3-2-7-17(13)15(18)9-12-10-19-8-6-16-12/h4-5,12-13,16H,2-3,6-10H2,1H3. The van der Waals surface area contributed by atoms with E-state index >= 15 is 0 Å². The first kappa shape index (κ1) is 14.0. The maximum absolute atomic E-state index is 12.5. The van der Waals surface area contributed by atoms with Crippen molar-refractivity contribution < 1.29 is 9.53 Å². The van der Waals surface area contributed by atoms with Gasteiger partial charge in [0.2, 0.25) is 5.91 Å². The van der Waals surface area contributed by atoms with Gasteiger partial charge < -0.3 is 15.0 Å². The van der Waals surface area contributed by atoms with Crippen molar-refractivity contribution in [2.24, 2.45) is 0 Å². The molecule has 2 fully saturated rings. The van der Waals surface area contributed by atoms with Gasteiger partial charge in [-0.25, -0.2) is 0 Å². The zero-order chi connectivity index (χ0) is 13.9. The molecule has 3 heterocycles. The van der Waals surface area contributed by atoms with Gasteiger partial charge in [-0.15, -0.1) is 11.3 Å². The summed E-state index contributed by atoms with van der Waals surface area (Å²) in [6.45, 7) is 5.28. The van der Waals surface area contributed by atoms with E-state index in [1.165, 1.54) is 9.75 Å². The van der Waals surface area contributed by atoms with Gasteiger partial charge in [0.1, 0.15) is 0 Å². The Bertz CT molecular complexity index is 468. The molecule has 0 aromatic carbocycles. The Morgan fingerprint density at radius 3 is 3.15 bits per heavy atom. The van der Waals surface area contributed by atoms with E-state index in [-0.39, 0.29) is 11.9 Å². The summed E-state index contributed by atoms with van der Waals surface area (Å²) < 4.78 is 5.43. The number of carbonyl (C=O) groups excluding carboxylic acids is 1. The van der Waals surface area contributed by atoms with Crippen LogP contribution in [0, 0.1) is 6.92 Å². The molecule has 2 atom stereocenters. The molecule has 3 rings (SSSR count). The van der Waals surface area contributed by atoms with Crippen LogP contribution in [0.3, 0.4) is 0 Å². The second kappa shape index (κ2) is 6.24. The van der Waals surface area contributed by atoms with Crippen LogP contribution in [0.25, 0.3) is 0 Å². The minimum absolute atomic E-state index is 0.183. The van der Waals surface area contributed by atoms with E-state index in [9.17, 15) is 4.79 Å². The number of amides is 1. The summed E-state index contributed by atoms with van der Waals surface area (Å²) in [5.74, 6) is 0.265. The SMILES string of the molecule is Cc1ccc(C2CCCN2C(=O)CC2COCCN2)s1. The summed E-state index contributed by atoms with van der Waals surface area (Å²) in [5.41, 5.74) is 0. The molecule has 20 heavy (non-hydrogen) atoms. The Balaban J connectivity index is 1.63. The fourth-order valence-corrected chi connectivity index (χ4v) is 4.10. The molecule has 0 spiro atoms. The number of aryl methyl sites for hydroxylation is 1. The van der Waals surface area contributed by atoms with Gasteiger partial charge in [-0.2, -0.15) is 0 Å². The molecule has 2 aliphatic heterocycles. The highest BCUT2D eigenvalue weighted by Crippen LogP contribution is 2.36. The monoisotopic (exact) mass is 294 g/mol. The van der Waals surface area contributed by atoms with E-state index in [0.29, 0.717) is 19.1 Å². The molecule has 0 radical (unpaired) electrons. The lowest BCUT2D eigenvalue weighted by atomic mass is 10.1. The predicted molar refractivity (Wildman–Crippen MR) is 80.0 cm³/mol. The lowest BCUT2D eigenvalue weighted by Crippen LogP contribution is -2.45. The molecule has 2 unspecified atom stereocenters. The third-order valence-corrected chi connectivity index (χ3v) is 5.18. The zero-order valence-electron chi connectivity index (χ0n) is 11.9. The van der Waals surface area contributed by atoms with Crippen LogP contribution in [0.5, 0.6) is 0 Å². The molecular weight excluding hydrogens is 272 g/mol. The number of rotatable bonds is 3. The molecule has 5 heteroatoms. The van der Waals surface area contributed by atoms with Crippen LogP contribution in [0.15, 0.2) is 12.1 Å². The minimum atomic E-state index is 0.183. The van der Waals surface area contributed by atoms with Crippen LogP contribution in [0.4, 0.5) is 0 Å². The number of ether oxygens (including phenoxy) is 1. The molecule has 4 nitrogen and oxygen atoms in total. The number of hydrogen-bond donors (Lipinski definition) is 1. The van der Waals surface area contributed by atoms with Gasteiger partial charge in [-0.1, -0.05) is 0 Å². The Hall–Kier alpha value is -0.910. The van der Waals surface area contributed by atoms with Crippen molar-refractivity contribution in [2.75, 3.05) is 26.3 Å². The van der Waals surface area contributed by atoms with Gasteiger partial charge in [0.25, 0.3) is 0 Å². The Morgan fingerprint density at radius 1 is 1.55 bits per heavy atom. The number of carbonyl (C=O) groups is 1. The largest absolute Gasteiger partial charge is 0.378 e. The van der Waals surface area contributed by atoms with Gasteiger partial charge in [0.05, 0.1) is 19.3 Å². The van der Waals surface area contributed by atoms with Crippen LogP contribution in [-0.4, -0.2) is 43.2 Å². The normalized spacial score (nSPS) is 26.9. The Kier molecular flexibility index (Phi) is 4.38. The van der Waals surface area contributed by atoms with Gasteiger partial charge in [0, 0.05) is 35.3 Å². The molecule has 0 bridgehead atoms. The first-order valence-corrected chi connectivity index (χ1v) is 8.22. The van der Waals surface area contributed by atoms with E-state index in [1.54, 1.807) is 0 Å². The van der Waals surface area contributed by atoms with Gasteiger partial charge >= 0.3 is 0 Å². The number of nitrogens with one attached hydrogen (secondary N) is 1. The van der Waals surface area contributed by atoms with E-state index in [4.69, 9.17) is 4.74 Å². The highest BCUT2D eigenvalue weighted by molar-refractivity contribution is 7.12. The lowest BCUT2D eigenvalue weighted by Gasteiger charge is -2.28. The third-order valence-electron chi connectivity index (χ3n) is 4.08. The van der Waals surface area contributed by atoms with Gasteiger partial charge in [0.15, 0.2) is 0 Å². The van der Waals surface area contributed by atoms with Crippen LogP contribution < -0.4 is 5.32 Å². The van der Waals surface area contributed by atoms with Crippen molar-refractivity contribution in [3.05, 3.63) is 21.9 Å². The first-order valence-electron chi connectivity index (χ1n) is 7.41. The third kappa shape index (κ3) is 3.05. The fourth-order valence-electron chi connectivity index (χ4n) is 3.07. The van der Waals surface area contributed by atoms with E-state index in [2.05, 4.69) is 29.3 Å². The predicted octanol–water partition coefficient (Wildman–Crippen LogP) is 2.10. The number of hydrogen-bond acceptors (Lipinski definition) is 4. The second-order valence-corrected chi connectivity index (χ2v) is 6.94. The van der Waals surface area contributed by atoms with Gasteiger partial charge in [-0.05, 0) is 31.9 Å². The maximum atomic E-state index is 12.5. The molecule has 1 aromatic heterocycles. The highest BCUT2D eigenvalue weighted by atomic mass is 32.1. The molecular formula is C15H22N2O2S. The Labute approximate surface area is 124 Å². The zero-order valence-corrected chi connectivity index (χ0v) is 12.7. The van der Waals surface area contributed by atoms with Crippen molar-refractivity contribution in [1.29, 1.82) is 0 Å². The molecule has 110 valence electrons. The van der Waals surface area contributed by atoms with Crippen molar-refractivity contribution in [1.82, 2.24) is 10.2 Å². The van der Waals surface area contributed by atoms with E-state index in [0.717, 1.165) is 32.5 Å². The topological polar surface area (TPSA) is 41.6 Å². The minimum Gasteiger partial charge on any atom is -0.378 e. The number of nitrogens with zero attached hydrogens (tertiary/aromatic N) is 1. The molecule has 2 aliphatic rings. The fraction of sp³-hybridized carbons (Fsp3) is 0.667. The second-order valence-electron chi connectivity index (χ2n) is 5.62. The van der Waals surface area contributed by atoms with Crippen molar-refractivity contribution >= 4 is 17.2 Å². The summed E-state index contributed by atoms with van der Waals surface area (Å²) in [6.07, 6.45) is 2.77. The van der Waals surface area contributed by atoms with Crippen LogP contribution in [0.2, 0.25) is 0 Å². The van der Waals surface area contributed by atoms with Crippen LogP contribution in [-0.2, 0) is 9.53 Å². The molecule has 2 saturated heterocycles. The first-order chi connectivity index (χ1) is 9.74. The summed E-state index contributed by atoms with van der Waals surface area (Å²) in [4.78, 5) is 17.3. The summed E-state index contributed by atoms with van der Waals surface area (Å²) in [7, 11) is 0. The number of thiophene rings is 1. The smallest absolute Gasteiger partial charge is 0.224 e. The highest BCUT2D eigenvalue weighted by Gasteiger charge is 2.32. The van der Waals surface area contributed by atoms with E-state index < -0.39 is 0 Å². The summed E-state index contributed by atoms with van der Waals surface area (Å²) >= 11 is 1.82. The number of likely N-dealkylation sites (tertiary alicyclic amines) is 1. The van der Waals surface area contributed by atoms with Crippen LogP contribution in [0.1, 0.15) is 35.1 Å². The lowest BCUT2D eigenvalue weighted by molar-refractivity contribution is -0.133. The number of morpholine rings is 1. The summed E-state index contributed by atoms with van der Waals surface area (Å²) in [6, 6.07) is 4.81. The average Bonchev–Trinajstić information content (AvgIpc) is 3.08. The van der Waals surface area contributed by atoms with E-state index in [1.807, 2.05) is 11.3 Å². The van der Waals surface area contributed by atoms with Gasteiger partial charge in [-0.3, -0.25) is 4.79 Å². The Morgan fingerprint density at radius 2 is 2.45 bits per heavy atom. The molecule has 0 saturated carbocycles. The van der Waals surface area contributed by atoms with Crippen LogP contribution >= 0.6 is 11.3 Å².